The zero-order valence-corrected chi connectivity index (χ0v) is 13.6. The minimum absolute atomic E-state index is 0.166. The number of carbonyl (C=O) groups excluding carboxylic acids is 1. The van der Waals surface area contributed by atoms with Gasteiger partial charge < -0.3 is 0 Å². The number of carbonyl (C=O) groups is 1. The van der Waals surface area contributed by atoms with E-state index in [9.17, 15) is 4.79 Å². The van der Waals surface area contributed by atoms with Crippen molar-refractivity contribution in [3.8, 4) is 0 Å². The van der Waals surface area contributed by atoms with Crippen LogP contribution in [-0.2, 0) is 0 Å². The lowest BCUT2D eigenvalue weighted by atomic mass is 10.0. The molecule has 0 saturated carbocycles. The number of hydrogen-bond acceptors (Lipinski definition) is 3. The maximum atomic E-state index is 12.6. The van der Waals surface area contributed by atoms with Crippen molar-refractivity contribution in [3.05, 3.63) is 60.2 Å². The number of Topliss-reactive ketones (excluding diaryl/α,β-unsaturated/α-hetero) is 1. The van der Waals surface area contributed by atoms with E-state index >= 15 is 0 Å². The number of thioether (sulfide) groups is 2. The molecule has 2 aromatic carbocycles. The number of rotatable bonds is 5. The van der Waals surface area contributed by atoms with Crippen LogP contribution in [0.1, 0.15) is 24.2 Å². The molecule has 1 nitrogen and oxygen atoms in total. The van der Waals surface area contributed by atoms with Gasteiger partial charge in [0.2, 0.25) is 0 Å². The van der Waals surface area contributed by atoms with Gasteiger partial charge in [0.25, 0.3) is 0 Å². The van der Waals surface area contributed by atoms with E-state index in [1.807, 2.05) is 74.7 Å². The van der Waals surface area contributed by atoms with Crippen LogP contribution in [0.2, 0.25) is 0 Å². The minimum Gasteiger partial charge on any atom is -0.293 e. The minimum atomic E-state index is -0.470. The molecule has 3 heteroatoms. The van der Waals surface area contributed by atoms with E-state index in [0.29, 0.717) is 0 Å². The zero-order valence-electron chi connectivity index (χ0n) is 11.9. The summed E-state index contributed by atoms with van der Waals surface area (Å²) >= 11 is 3.29. The first kappa shape index (κ1) is 15.2. The first-order valence-electron chi connectivity index (χ1n) is 6.46. The standard InChI is InChI=1S/C17H18OS2/c1-17(2,20-15-7-5-4-6-8-15)16(18)13-9-11-14(19-3)12-10-13/h4-12H,1-3H3. The highest BCUT2D eigenvalue weighted by Gasteiger charge is 2.29. The molecule has 2 rings (SSSR count). The van der Waals surface area contributed by atoms with E-state index in [1.165, 1.54) is 4.90 Å². The van der Waals surface area contributed by atoms with Gasteiger partial charge in [0, 0.05) is 15.4 Å². The van der Waals surface area contributed by atoms with Gasteiger partial charge in [-0.1, -0.05) is 30.3 Å². The molecule has 0 heterocycles. The molecule has 0 amide bonds. The molecule has 0 aliphatic carbocycles. The largest absolute Gasteiger partial charge is 0.293 e. The average molecular weight is 302 g/mol. The quantitative estimate of drug-likeness (QED) is 0.561. The first-order chi connectivity index (χ1) is 9.53. The topological polar surface area (TPSA) is 17.1 Å². The molecule has 104 valence electrons. The smallest absolute Gasteiger partial charge is 0.178 e. The van der Waals surface area contributed by atoms with Crippen molar-refractivity contribution < 1.29 is 4.79 Å². The molecule has 0 spiro atoms. The number of ketones is 1. The summed E-state index contributed by atoms with van der Waals surface area (Å²) in [5.74, 6) is 0.166. The lowest BCUT2D eigenvalue weighted by molar-refractivity contribution is 0.0958. The van der Waals surface area contributed by atoms with E-state index in [1.54, 1.807) is 23.5 Å². The van der Waals surface area contributed by atoms with Crippen molar-refractivity contribution in [2.24, 2.45) is 0 Å². The maximum Gasteiger partial charge on any atom is 0.178 e. The Morgan fingerprint density at radius 1 is 0.900 bits per heavy atom. The molecular weight excluding hydrogens is 284 g/mol. The summed E-state index contributed by atoms with van der Waals surface area (Å²) in [5, 5.41) is 0. The monoisotopic (exact) mass is 302 g/mol. The van der Waals surface area contributed by atoms with Crippen molar-refractivity contribution in [3.63, 3.8) is 0 Å². The summed E-state index contributed by atoms with van der Waals surface area (Å²) in [6, 6.07) is 17.9. The van der Waals surface area contributed by atoms with Crippen molar-refractivity contribution in [2.45, 2.75) is 28.4 Å². The third-order valence-electron chi connectivity index (χ3n) is 3.02. The second-order valence-electron chi connectivity index (χ2n) is 4.98. The summed E-state index contributed by atoms with van der Waals surface area (Å²) < 4.78 is -0.470. The van der Waals surface area contributed by atoms with Crippen molar-refractivity contribution in [2.75, 3.05) is 6.26 Å². The average Bonchev–Trinajstić information content (AvgIpc) is 2.47. The summed E-state index contributed by atoms with van der Waals surface area (Å²) in [6.45, 7) is 3.96. The Hall–Kier alpha value is -1.19. The predicted molar refractivity (Wildman–Crippen MR) is 88.9 cm³/mol. The van der Waals surface area contributed by atoms with Gasteiger partial charge in [0.15, 0.2) is 5.78 Å². The molecule has 0 saturated heterocycles. The second kappa shape index (κ2) is 6.51. The third-order valence-corrected chi connectivity index (χ3v) is 4.96. The van der Waals surface area contributed by atoms with Crippen LogP contribution in [0.15, 0.2) is 64.4 Å². The van der Waals surface area contributed by atoms with Gasteiger partial charge in [0.05, 0.1) is 4.75 Å². The van der Waals surface area contributed by atoms with Crippen LogP contribution >= 0.6 is 23.5 Å². The van der Waals surface area contributed by atoms with Crippen LogP contribution in [0.5, 0.6) is 0 Å². The molecule has 0 N–H and O–H groups in total. The van der Waals surface area contributed by atoms with Gasteiger partial charge in [-0.25, -0.2) is 0 Å². The molecule has 20 heavy (non-hydrogen) atoms. The third kappa shape index (κ3) is 3.68. The summed E-state index contributed by atoms with van der Waals surface area (Å²) in [4.78, 5) is 14.9. The fourth-order valence-electron chi connectivity index (χ4n) is 1.92. The van der Waals surface area contributed by atoms with Gasteiger partial charge in [-0.2, -0.15) is 0 Å². The van der Waals surface area contributed by atoms with Crippen LogP contribution in [0.3, 0.4) is 0 Å². The Kier molecular flexibility index (Phi) is 4.95. The maximum absolute atomic E-state index is 12.6. The molecule has 0 atom stereocenters. The lowest BCUT2D eigenvalue weighted by Crippen LogP contribution is -2.27. The zero-order chi connectivity index (χ0) is 14.6. The fraction of sp³-hybridized carbons (Fsp3) is 0.235. The molecule has 0 aliphatic heterocycles. The molecule has 0 unspecified atom stereocenters. The van der Waals surface area contributed by atoms with Crippen molar-refractivity contribution >= 4 is 29.3 Å². The van der Waals surface area contributed by atoms with Crippen molar-refractivity contribution in [1.29, 1.82) is 0 Å². The van der Waals surface area contributed by atoms with Crippen LogP contribution < -0.4 is 0 Å². The lowest BCUT2D eigenvalue weighted by Gasteiger charge is -2.22. The predicted octanol–water partition coefficient (Wildman–Crippen LogP) is 5.16. The molecule has 2 aromatic rings. The Morgan fingerprint density at radius 3 is 2.05 bits per heavy atom. The SMILES string of the molecule is CSc1ccc(C(=O)C(C)(C)Sc2ccccc2)cc1. The van der Waals surface area contributed by atoms with Crippen LogP contribution in [0.25, 0.3) is 0 Å². The number of benzene rings is 2. The van der Waals surface area contributed by atoms with E-state index in [2.05, 4.69) is 0 Å². The molecule has 0 aromatic heterocycles. The Balaban J connectivity index is 2.17. The summed E-state index contributed by atoms with van der Waals surface area (Å²) in [7, 11) is 0. The number of hydrogen-bond donors (Lipinski definition) is 0. The second-order valence-corrected chi connectivity index (χ2v) is 7.56. The van der Waals surface area contributed by atoms with Crippen LogP contribution in [0.4, 0.5) is 0 Å². The summed E-state index contributed by atoms with van der Waals surface area (Å²) in [6.07, 6.45) is 2.03. The van der Waals surface area contributed by atoms with Crippen LogP contribution in [0, 0.1) is 0 Å². The van der Waals surface area contributed by atoms with Crippen LogP contribution in [-0.4, -0.2) is 16.8 Å². The Bertz CT molecular complexity index is 574. The van der Waals surface area contributed by atoms with Gasteiger partial charge in [-0.3, -0.25) is 4.79 Å². The highest BCUT2D eigenvalue weighted by molar-refractivity contribution is 8.01. The van der Waals surface area contributed by atoms with E-state index in [0.717, 1.165) is 10.5 Å². The van der Waals surface area contributed by atoms with Gasteiger partial charge in [0.1, 0.15) is 0 Å². The molecule has 0 aliphatic rings. The molecule has 0 fully saturated rings. The Labute approximate surface area is 129 Å². The molecule has 0 radical (unpaired) electrons. The van der Waals surface area contributed by atoms with Gasteiger partial charge in [-0.05, 0) is 44.4 Å². The van der Waals surface area contributed by atoms with E-state index in [-0.39, 0.29) is 5.78 Å². The van der Waals surface area contributed by atoms with Gasteiger partial charge >= 0.3 is 0 Å². The van der Waals surface area contributed by atoms with Crippen molar-refractivity contribution in [1.82, 2.24) is 0 Å². The van der Waals surface area contributed by atoms with Gasteiger partial charge in [-0.15, -0.1) is 23.5 Å². The Morgan fingerprint density at radius 2 is 1.50 bits per heavy atom. The van der Waals surface area contributed by atoms with E-state index in [4.69, 9.17) is 0 Å². The molecular formula is C17H18OS2. The normalized spacial score (nSPS) is 11.3. The fourth-order valence-corrected chi connectivity index (χ4v) is 3.42. The highest BCUT2D eigenvalue weighted by Crippen LogP contribution is 2.35. The molecule has 0 bridgehead atoms. The highest BCUT2D eigenvalue weighted by atomic mass is 32.2. The van der Waals surface area contributed by atoms with E-state index < -0.39 is 4.75 Å². The summed E-state index contributed by atoms with van der Waals surface area (Å²) in [5.41, 5.74) is 0.774. The first-order valence-corrected chi connectivity index (χ1v) is 8.50.